The summed E-state index contributed by atoms with van der Waals surface area (Å²) in [6.07, 6.45) is 5.46. The van der Waals surface area contributed by atoms with Crippen LogP contribution in [0.1, 0.15) is 22.6 Å². The van der Waals surface area contributed by atoms with Crippen molar-refractivity contribution >= 4 is 5.91 Å². The monoisotopic (exact) mass is 291 g/mol. The molecule has 0 radical (unpaired) electrons. The van der Waals surface area contributed by atoms with Crippen molar-refractivity contribution in [2.75, 3.05) is 6.54 Å². The number of fused-ring (bicyclic) bond motifs is 1. The van der Waals surface area contributed by atoms with E-state index in [1.54, 1.807) is 6.20 Å². The van der Waals surface area contributed by atoms with Crippen molar-refractivity contribution in [3.05, 3.63) is 53.6 Å². The van der Waals surface area contributed by atoms with Crippen LogP contribution in [0.2, 0.25) is 0 Å². The highest BCUT2D eigenvalue weighted by atomic mass is 19.2. The van der Waals surface area contributed by atoms with E-state index in [1.165, 1.54) is 12.1 Å². The van der Waals surface area contributed by atoms with Crippen molar-refractivity contribution in [3.8, 4) is 0 Å². The molecule has 1 aromatic carbocycles. The molecule has 2 heterocycles. The van der Waals surface area contributed by atoms with Gasteiger partial charge in [0.1, 0.15) is 5.82 Å². The minimum atomic E-state index is -1.10. The van der Waals surface area contributed by atoms with Gasteiger partial charge in [0, 0.05) is 31.9 Å². The molecular weight excluding hydrogens is 276 g/mol. The standard InChI is InChI=1S/C15H15F2N3O/c16-12-3-1-2-11(14(12)17)15(21)19-8-10-4-5-13-18-6-7-20(13)9-10/h1-3,6-7,10H,4-5,8-9H2,(H,19,21). The summed E-state index contributed by atoms with van der Waals surface area (Å²) in [6, 6.07) is 3.60. The molecule has 2 aromatic rings. The first-order valence-electron chi connectivity index (χ1n) is 6.87. The second-order valence-electron chi connectivity index (χ2n) is 5.21. The lowest BCUT2D eigenvalue weighted by Gasteiger charge is -2.24. The first-order valence-corrected chi connectivity index (χ1v) is 6.87. The highest BCUT2D eigenvalue weighted by Crippen LogP contribution is 2.18. The van der Waals surface area contributed by atoms with Crippen molar-refractivity contribution in [2.24, 2.45) is 5.92 Å². The molecule has 0 saturated heterocycles. The number of aryl methyl sites for hydroxylation is 1. The van der Waals surface area contributed by atoms with Crippen LogP contribution in [-0.4, -0.2) is 22.0 Å². The smallest absolute Gasteiger partial charge is 0.254 e. The molecule has 1 aliphatic heterocycles. The molecule has 0 saturated carbocycles. The predicted molar refractivity (Wildman–Crippen MR) is 72.7 cm³/mol. The highest BCUT2D eigenvalue weighted by molar-refractivity contribution is 5.94. The topological polar surface area (TPSA) is 46.9 Å². The molecule has 4 nitrogen and oxygen atoms in total. The fourth-order valence-corrected chi connectivity index (χ4v) is 2.62. The van der Waals surface area contributed by atoms with Crippen molar-refractivity contribution in [2.45, 2.75) is 19.4 Å². The Bertz CT molecular complexity index is 669. The van der Waals surface area contributed by atoms with Gasteiger partial charge in [-0.15, -0.1) is 0 Å². The van der Waals surface area contributed by atoms with Gasteiger partial charge in [-0.05, 0) is 24.5 Å². The van der Waals surface area contributed by atoms with E-state index in [9.17, 15) is 13.6 Å². The average Bonchev–Trinajstić information content (AvgIpc) is 2.95. The zero-order chi connectivity index (χ0) is 14.8. The van der Waals surface area contributed by atoms with Gasteiger partial charge in [-0.25, -0.2) is 13.8 Å². The fraction of sp³-hybridized carbons (Fsp3) is 0.333. The van der Waals surface area contributed by atoms with Gasteiger partial charge in [-0.3, -0.25) is 4.79 Å². The van der Waals surface area contributed by atoms with Gasteiger partial charge in [0.15, 0.2) is 11.6 Å². The second kappa shape index (κ2) is 5.63. The van der Waals surface area contributed by atoms with E-state index in [0.717, 1.165) is 31.3 Å². The molecule has 21 heavy (non-hydrogen) atoms. The molecule has 1 atom stereocenters. The minimum Gasteiger partial charge on any atom is -0.352 e. The molecule has 1 aliphatic rings. The third-order valence-corrected chi connectivity index (χ3v) is 3.78. The number of hydrogen-bond acceptors (Lipinski definition) is 2. The molecule has 3 rings (SSSR count). The van der Waals surface area contributed by atoms with E-state index in [0.29, 0.717) is 6.54 Å². The number of imidazole rings is 1. The third-order valence-electron chi connectivity index (χ3n) is 3.78. The van der Waals surface area contributed by atoms with Crippen molar-refractivity contribution in [1.29, 1.82) is 0 Å². The van der Waals surface area contributed by atoms with Crippen molar-refractivity contribution < 1.29 is 13.6 Å². The Hall–Kier alpha value is -2.24. The van der Waals surface area contributed by atoms with Crippen LogP contribution in [-0.2, 0) is 13.0 Å². The van der Waals surface area contributed by atoms with Crippen LogP contribution in [0.25, 0.3) is 0 Å². The van der Waals surface area contributed by atoms with Crippen LogP contribution in [0.3, 0.4) is 0 Å². The number of aromatic nitrogens is 2. The maximum absolute atomic E-state index is 13.5. The molecule has 0 bridgehead atoms. The number of carbonyl (C=O) groups excluding carboxylic acids is 1. The number of amides is 1. The lowest BCUT2D eigenvalue weighted by atomic mass is 9.99. The van der Waals surface area contributed by atoms with Gasteiger partial charge in [-0.1, -0.05) is 6.07 Å². The number of hydrogen-bond donors (Lipinski definition) is 1. The second-order valence-corrected chi connectivity index (χ2v) is 5.21. The van der Waals surface area contributed by atoms with E-state index in [4.69, 9.17) is 0 Å². The largest absolute Gasteiger partial charge is 0.352 e. The minimum absolute atomic E-state index is 0.255. The van der Waals surface area contributed by atoms with Gasteiger partial charge >= 0.3 is 0 Å². The Morgan fingerprint density at radius 2 is 2.29 bits per heavy atom. The van der Waals surface area contributed by atoms with E-state index < -0.39 is 17.5 Å². The molecule has 1 amide bonds. The number of halogens is 2. The molecule has 0 spiro atoms. The molecule has 1 aromatic heterocycles. The van der Waals surface area contributed by atoms with Crippen LogP contribution >= 0.6 is 0 Å². The molecule has 0 aliphatic carbocycles. The Balaban J connectivity index is 1.61. The maximum atomic E-state index is 13.5. The number of nitrogens with one attached hydrogen (secondary N) is 1. The Morgan fingerprint density at radius 1 is 1.43 bits per heavy atom. The van der Waals surface area contributed by atoms with Crippen molar-refractivity contribution in [1.82, 2.24) is 14.9 Å². The average molecular weight is 291 g/mol. The van der Waals surface area contributed by atoms with E-state index >= 15 is 0 Å². The summed E-state index contributed by atoms with van der Waals surface area (Å²) in [7, 11) is 0. The molecule has 1 unspecified atom stereocenters. The predicted octanol–water partition coefficient (Wildman–Crippen LogP) is 2.15. The van der Waals surface area contributed by atoms with Crippen LogP contribution in [0, 0.1) is 17.6 Å². The first-order chi connectivity index (χ1) is 10.1. The molecule has 0 fully saturated rings. The number of nitrogens with zero attached hydrogens (tertiary/aromatic N) is 2. The fourth-order valence-electron chi connectivity index (χ4n) is 2.62. The Labute approximate surface area is 120 Å². The lowest BCUT2D eigenvalue weighted by molar-refractivity contribution is 0.0938. The quantitative estimate of drug-likeness (QED) is 0.942. The Morgan fingerprint density at radius 3 is 3.14 bits per heavy atom. The van der Waals surface area contributed by atoms with E-state index in [2.05, 4.69) is 14.9 Å². The van der Waals surface area contributed by atoms with Gasteiger partial charge in [-0.2, -0.15) is 0 Å². The third kappa shape index (κ3) is 2.79. The summed E-state index contributed by atoms with van der Waals surface area (Å²) in [5.74, 6) is -1.37. The maximum Gasteiger partial charge on any atom is 0.254 e. The number of carbonyl (C=O) groups is 1. The van der Waals surface area contributed by atoms with Crippen LogP contribution in [0.5, 0.6) is 0 Å². The molecule has 1 N–H and O–H groups in total. The van der Waals surface area contributed by atoms with Crippen LogP contribution in [0.15, 0.2) is 30.6 Å². The van der Waals surface area contributed by atoms with Gasteiger partial charge in [0.2, 0.25) is 0 Å². The molecule has 110 valence electrons. The van der Waals surface area contributed by atoms with E-state index in [-0.39, 0.29) is 11.5 Å². The zero-order valence-corrected chi connectivity index (χ0v) is 11.4. The molecule has 6 heteroatoms. The summed E-state index contributed by atoms with van der Waals surface area (Å²) >= 11 is 0. The summed E-state index contributed by atoms with van der Waals surface area (Å²) in [4.78, 5) is 16.2. The number of rotatable bonds is 3. The SMILES string of the molecule is O=C(NCC1CCc2nccn2C1)c1cccc(F)c1F. The van der Waals surface area contributed by atoms with E-state index in [1.807, 2.05) is 6.20 Å². The Kier molecular flexibility index (Phi) is 3.68. The number of benzene rings is 1. The van der Waals surface area contributed by atoms with Gasteiger partial charge in [0.05, 0.1) is 5.56 Å². The zero-order valence-electron chi connectivity index (χ0n) is 11.4. The summed E-state index contributed by atoms with van der Waals surface area (Å²) in [6.45, 7) is 1.22. The van der Waals surface area contributed by atoms with Crippen LogP contribution in [0.4, 0.5) is 8.78 Å². The lowest BCUT2D eigenvalue weighted by Crippen LogP contribution is -2.34. The van der Waals surface area contributed by atoms with Gasteiger partial charge < -0.3 is 9.88 Å². The van der Waals surface area contributed by atoms with Gasteiger partial charge in [0.25, 0.3) is 5.91 Å². The summed E-state index contributed by atoms with van der Waals surface area (Å²) in [5, 5.41) is 2.68. The van der Waals surface area contributed by atoms with Crippen molar-refractivity contribution in [3.63, 3.8) is 0 Å². The summed E-state index contributed by atoms with van der Waals surface area (Å²) < 4.78 is 28.7. The normalized spacial score (nSPS) is 17.3. The summed E-state index contributed by atoms with van der Waals surface area (Å²) in [5.41, 5.74) is -0.255. The molecular formula is C15H15F2N3O. The first kappa shape index (κ1) is 13.7. The van der Waals surface area contributed by atoms with Crippen LogP contribution < -0.4 is 5.32 Å². The highest BCUT2D eigenvalue weighted by Gasteiger charge is 2.20.